The molecule has 0 amide bonds. The molecule has 0 aliphatic carbocycles. The van der Waals surface area contributed by atoms with Crippen LogP contribution in [0.2, 0.25) is 0 Å². The van der Waals surface area contributed by atoms with Crippen LogP contribution in [0.5, 0.6) is 0 Å². The van der Waals surface area contributed by atoms with E-state index in [0.717, 1.165) is 18.4 Å². The highest BCUT2D eigenvalue weighted by molar-refractivity contribution is 5.69. The summed E-state index contributed by atoms with van der Waals surface area (Å²) in [6, 6.07) is 10.0. The number of rotatable bonds is 17. The summed E-state index contributed by atoms with van der Waals surface area (Å²) in [5, 5.41) is 0. The van der Waals surface area contributed by atoms with Crippen LogP contribution in [0.25, 0.3) is 0 Å². The van der Waals surface area contributed by atoms with E-state index in [2.05, 4.69) is 6.92 Å². The van der Waals surface area contributed by atoms with E-state index in [0.29, 0.717) is 26.2 Å². The SMILES string of the molecule is CCCCCCCCCCCC(=O)OC(C)OCCOCc1ccccc1. The fraction of sp³-hybridized carbons (Fsp3) is 0.696. The first-order valence-electron chi connectivity index (χ1n) is 10.6. The molecular formula is C23H38O4. The van der Waals surface area contributed by atoms with Gasteiger partial charge in [0.15, 0.2) is 6.29 Å². The van der Waals surface area contributed by atoms with Crippen molar-refractivity contribution >= 4 is 5.97 Å². The van der Waals surface area contributed by atoms with E-state index in [1.165, 1.54) is 44.9 Å². The topological polar surface area (TPSA) is 44.8 Å². The molecule has 4 nitrogen and oxygen atoms in total. The Morgan fingerprint density at radius 3 is 2.19 bits per heavy atom. The zero-order valence-corrected chi connectivity index (χ0v) is 17.3. The summed E-state index contributed by atoms with van der Waals surface area (Å²) in [5.74, 6) is -0.171. The van der Waals surface area contributed by atoms with Crippen LogP contribution in [0.4, 0.5) is 0 Å². The van der Waals surface area contributed by atoms with Crippen LogP contribution in [-0.4, -0.2) is 25.5 Å². The molecule has 1 aromatic rings. The number of carbonyl (C=O) groups excluding carboxylic acids is 1. The van der Waals surface area contributed by atoms with Gasteiger partial charge in [-0.3, -0.25) is 4.79 Å². The Bertz CT molecular complexity index is 461. The third-order valence-corrected chi connectivity index (χ3v) is 4.47. The molecular weight excluding hydrogens is 340 g/mol. The normalized spacial score (nSPS) is 12.1. The number of esters is 1. The van der Waals surface area contributed by atoms with Gasteiger partial charge in [0, 0.05) is 6.42 Å². The van der Waals surface area contributed by atoms with Crippen molar-refractivity contribution < 1.29 is 19.0 Å². The summed E-state index contributed by atoms with van der Waals surface area (Å²) >= 11 is 0. The molecule has 0 fully saturated rings. The molecule has 0 saturated carbocycles. The summed E-state index contributed by atoms with van der Waals surface area (Å²) in [7, 11) is 0. The van der Waals surface area contributed by atoms with Gasteiger partial charge in [-0.15, -0.1) is 0 Å². The van der Waals surface area contributed by atoms with Gasteiger partial charge in [0.2, 0.25) is 0 Å². The Hall–Kier alpha value is -1.39. The summed E-state index contributed by atoms with van der Waals surface area (Å²) in [5.41, 5.74) is 1.14. The maximum atomic E-state index is 11.8. The molecule has 0 spiro atoms. The van der Waals surface area contributed by atoms with Crippen molar-refractivity contribution in [3.63, 3.8) is 0 Å². The van der Waals surface area contributed by atoms with Gasteiger partial charge in [0.05, 0.1) is 19.8 Å². The highest BCUT2D eigenvalue weighted by Crippen LogP contribution is 2.11. The van der Waals surface area contributed by atoms with Crippen LogP contribution in [0.1, 0.15) is 83.6 Å². The number of unbranched alkanes of at least 4 members (excludes halogenated alkanes) is 8. The van der Waals surface area contributed by atoms with E-state index in [9.17, 15) is 4.79 Å². The van der Waals surface area contributed by atoms with Gasteiger partial charge in [-0.25, -0.2) is 0 Å². The number of carbonyl (C=O) groups is 1. The Morgan fingerprint density at radius 2 is 1.52 bits per heavy atom. The Kier molecular flexibility index (Phi) is 14.7. The van der Waals surface area contributed by atoms with Gasteiger partial charge in [0.1, 0.15) is 0 Å². The molecule has 0 aliphatic heterocycles. The van der Waals surface area contributed by atoms with E-state index in [-0.39, 0.29) is 5.97 Å². The van der Waals surface area contributed by atoms with E-state index < -0.39 is 6.29 Å². The lowest BCUT2D eigenvalue weighted by Gasteiger charge is -2.14. The fourth-order valence-electron chi connectivity index (χ4n) is 2.90. The standard InChI is InChI=1S/C23H38O4/c1-3-4-5-6-7-8-9-10-14-17-23(24)27-21(2)26-19-18-25-20-22-15-12-11-13-16-22/h11-13,15-16,21H,3-10,14,17-20H2,1-2H3. The van der Waals surface area contributed by atoms with Crippen LogP contribution in [0, 0.1) is 0 Å². The van der Waals surface area contributed by atoms with E-state index >= 15 is 0 Å². The highest BCUT2D eigenvalue weighted by Gasteiger charge is 2.09. The van der Waals surface area contributed by atoms with Crippen LogP contribution >= 0.6 is 0 Å². The molecule has 1 atom stereocenters. The number of hydrogen-bond donors (Lipinski definition) is 0. The molecule has 1 aromatic carbocycles. The van der Waals surface area contributed by atoms with Crippen molar-refractivity contribution in [2.24, 2.45) is 0 Å². The fourth-order valence-corrected chi connectivity index (χ4v) is 2.90. The molecule has 0 N–H and O–H groups in total. The molecule has 1 unspecified atom stereocenters. The maximum absolute atomic E-state index is 11.8. The monoisotopic (exact) mass is 378 g/mol. The minimum atomic E-state index is -0.517. The van der Waals surface area contributed by atoms with E-state index in [4.69, 9.17) is 14.2 Å². The third kappa shape index (κ3) is 14.3. The molecule has 1 rings (SSSR count). The molecule has 0 heterocycles. The van der Waals surface area contributed by atoms with Crippen molar-refractivity contribution in [3.8, 4) is 0 Å². The average molecular weight is 379 g/mol. The Balaban J connectivity index is 1.89. The Morgan fingerprint density at radius 1 is 0.889 bits per heavy atom. The second kappa shape index (κ2) is 16.8. The summed E-state index contributed by atoms with van der Waals surface area (Å²) < 4.78 is 16.3. The average Bonchev–Trinajstić information content (AvgIpc) is 2.67. The van der Waals surface area contributed by atoms with Gasteiger partial charge in [-0.2, -0.15) is 0 Å². The van der Waals surface area contributed by atoms with Crippen molar-refractivity contribution in [2.75, 3.05) is 13.2 Å². The summed E-state index contributed by atoms with van der Waals surface area (Å²) in [4.78, 5) is 11.8. The summed E-state index contributed by atoms with van der Waals surface area (Å²) in [6.07, 6.45) is 11.1. The van der Waals surface area contributed by atoms with Crippen LogP contribution in [-0.2, 0) is 25.6 Å². The molecule has 154 valence electrons. The minimum absolute atomic E-state index is 0.171. The smallest absolute Gasteiger partial charge is 0.308 e. The molecule has 27 heavy (non-hydrogen) atoms. The zero-order valence-electron chi connectivity index (χ0n) is 17.3. The summed E-state index contributed by atoms with van der Waals surface area (Å²) in [6.45, 7) is 5.46. The first-order valence-corrected chi connectivity index (χ1v) is 10.6. The van der Waals surface area contributed by atoms with Crippen molar-refractivity contribution in [3.05, 3.63) is 35.9 Å². The van der Waals surface area contributed by atoms with Crippen molar-refractivity contribution in [1.29, 1.82) is 0 Å². The molecule has 0 aromatic heterocycles. The van der Waals surface area contributed by atoms with Crippen LogP contribution in [0.15, 0.2) is 30.3 Å². The highest BCUT2D eigenvalue weighted by atomic mass is 16.7. The van der Waals surface area contributed by atoms with Gasteiger partial charge >= 0.3 is 5.97 Å². The molecule has 0 aliphatic rings. The van der Waals surface area contributed by atoms with Gasteiger partial charge in [0.25, 0.3) is 0 Å². The van der Waals surface area contributed by atoms with Gasteiger partial charge in [-0.1, -0.05) is 88.6 Å². The van der Waals surface area contributed by atoms with Crippen LogP contribution in [0.3, 0.4) is 0 Å². The molecule has 0 saturated heterocycles. The van der Waals surface area contributed by atoms with Gasteiger partial charge < -0.3 is 14.2 Å². The Labute approximate surface area is 165 Å². The first-order chi connectivity index (χ1) is 13.2. The largest absolute Gasteiger partial charge is 0.436 e. The first kappa shape index (κ1) is 23.6. The second-order valence-electron chi connectivity index (χ2n) is 7.04. The number of hydrogen-bond acceptors (Lipinski definition) is 4. The molecule has 0 radical (unpaired) electrons. The lowest BCUT2D eigenvalue weighted by molar-refractivity contribution is -0.177. The zero-order chi connectivity index (χ0) is 19.6. The maximum Gasteiger partial charge on any atom is 0.308 e. The second-order valence-corrected chi connectivity index (χ2v) is 7.04. The van der Waals surface area contributed by atoms with E-state index in [1.807, 2.05) is 30.3 Å². The minimum Gasteiger partial charge on any atom is -0.436 e. The molecule has 0 bridgehead atoms. The van der Waals surface area contributed by atoms with Crippen LogP contribution < -0.4 is 0 Å². The number of benzene rings is 1. The number of ether oxygens (including phenoxy) is 3. The van der Waals surface area contributed by atoms with Gasteiger partial charge in [-0.05, 0) is 18.9 Å². The lowest BCUT2D eigenvalue weighted by atomic mass is 10.1. The lowest BCUT2D eigenvalue weighted by Crippen LogP contribution is -2.20. The predicted molar refractivity (Wildman–Crippen MR) is 109 cm³/mol. The van der Waals surface area contributed by atoms with E-state index in [1.54, 1.807) is 6.92 Å². The van der Waals surface area contributed by atoms with Crippen molar-refractivity contribution in [1.82, 2.24) is 0 Å². The molecule has 4 heteroatoms. The quantitative estimate of drug-likeness (QED) is 0.189. The predicted octanol–water partition coefficient (Wildman–Crippen LogP) is 6.03. The third-order valence-electron chi connectivity index (χ3n) is 4.47. The van der Waals surface area contributed by atoms with Crippen molar-refractivity contribution in [2.45, 2.75) is 91.0 Å².